The number of hydrogen-bond donors (Lipinski definition) is 1. The van der Waals surface area contributed by atoms with Crippen LogP contribution in [0.2, 0.25) is 0 Å². The Labute approximate surface area is 112 Å². The third kappa shape index (κ3) is 2.48. The molecule has 0 radical (unpaired) electrons. The zero-order valence-electron chi connectivity index (χ0n) is 9.42. The number of ether oxygens (including phenoxy) is 1. The summed E-state index contributed by atoms with van der Waals surface area (Å²) >= 11 is 3.34. The Morgan fingerprint density at radius 1 is 1.33 bits per heavy atom. The minimum absolute atomic E-state index is 0.146. The lowest BCUT2D eigenvalue weighted by Gasteiger charge is -2.09. The van der Waals surface area contributed by atoms with Gasteiger partial charge in [0.05, 0.1) is 4.47 Å². The summed E-state index contributed by atoms with van der Waals surface area (Å²) in [5.74, 6) is -0.677. The lowest BCUT2D eigenvalue weighted by molar-refractivity contribution is 0.0687. The number of aromatic nitrogens is 2. The van der Waals surface area contributed by atoms with Crippen molar-refractivity contribution >= 4 is 21.9 Å². The molecule has 0 spiro atoms. The van der Waals surface area contributed by atoms with Crippen LogP contribution in [-0.4, -0.2) is 21.0 Å². The number of hydrogen-bond acceptors (Lipinski definition) is 4. The maximum Gasteiger partial charge on any atom is 0.358 e. The number of halogens is 1. The Morgan fingerprint density at radius 2 is 2.11 bits per heavy atom. The van der Waals surface area contributed by atoms with Gasteiger partial charge in [0.25, 0.3) is 0 Å². The van der Waals surface area contributed by atoms with Crippen LogP contribution in [0, 0.1) is 6.92 Å². The van der Waals surface area contributed by atoms with E-state index in [-0.39, 0.29) is 11.4 Å². The molecular weight excluding hydrogens is 300 g/mol. The zero-order chi connectivity index (χ0) is 13.1. The van der Waals surface area contributed by atoms with Gasteiger partial charge < -0.3 is 9.84 Å². The standard InChI is InChI=1S/C12H9BrN2O3/c1-7-4-6-15-11(9(7)13)18-8-3-2-5-14-10(8)12(16)17/h2-6H,1H3,(H,16,17). The maximum atomic E-state index is 11.0. The highest BCUT2D eigenvalue weighted by atomic mass is 79.9. The van der Waals surface area contributed by atoms with Gasteiger partial charge in [-0.05, 0) is 46.6 Å². The van der Waals surface area contributed by atoms with Crippen LogP contribution >= 0.6 is 15.9 Å². The van der Waals surface area contributed by atoms with Crippen LogP contribution in [0.5, 0.6) is 11.6 Å². The molecular formula is C12H9BrN2O3. The van der Waals surface area contributed by atoms with Crippen molar-refractivity contribution in [2.24, 2.45) is 0 Å². The fourth-order valence-corrected chi connectivity index (χ4v) is 1.64. The molecule has 0 bridgehead atoms. The van der Waals surface area contributed by atoms with Gasteiger partial charge in [-0.3, -0.25) is 0 Å². The fourth-order valence-electron chi connectivity index (χ4n) is 1.32. The first-order chi connectivity index (χ1) is 8.59. The summed E-state index contributed by atoms with van der Waals surface area (Å²) in [5.41, 5.74) is 0.800. The van der Waals surface area contributed by atoms with E-state index in [9.17, 15) is 4.79 Å². The van der Waals surface area contributed by atoms with E-state index in [4.69, 9.17) is 9.84 Å². The average molecular weight is 309 g/mol. The number of aryl methyl sites for hydroxylation is 1. The predicted octanol–water partition coefficient (Wildman–Crippen LogP) is 3.04. The summed E-state index contributed by atoms with van der Waals surface area (Å²) in [7, 11) is 0. The third-order valence-corrected chi connectivity index (χ3v) is 3.19. The molecule has 0 atom stereocenters. The molecule has 0 aliphatic heterocycles. The number of pyridine rings is 2. The maximum absolute atomic E-state index is 11.0. The van der Waals surface area contributed by atoms with E-state index in [1.54, 1.807) is 12.3 Å². The molecule has 2 aromatic rings. The second kappa shape index (κ2) is 5.14. The molecule has 0 aliphatic carbocycles. The highest BCUT2D eigenvalue weighted by molar-refractivity contribution is 9.10. The van der Waals surface area contributed by atoms with E-state index in [1.165, 1.54) is 12.3 Å². The number of carbonyl (C=O) groups is 1. The zero-order valence-corrected chi connectivity index (χ0v) is 11.0. The van der Waals surface area contributed by atoms with E-state index in [2.05, 4.69) is 25.9 Å². The molecule has 0 aromatic carbocycles. The van der Waals surface area contributed by atoms with Crippen molar-refractivity contribution < 1.29 is 14.6 Å². The second-order valence-electron chi connectivity index (χ2n) is 3.50. The lowest BCUT2D eigenvalue weighted by Crippen LogP contribution is -2.03. The molecule has 0 saturated carbocycles. The number of rotatable bonds is 3. The molecule has 5 nitrogen and oxygen atoms in total. The Morgan fingerprint density at radius 3 is 2.83 bits per heavy atom. The fraction of sp³-hybridized carbons (Fsp3) is 0.0833. The van der Waals surface area contributed by atoms with Crippen LogP contribution in [0.15, 0.2) is 35.1 Å². The molecule has 18 heavy (non-hydrogen) atoms. The van der Waals surface area contributed by atoms with Crippen molar-refractivity contribution in [1.82, 2.24) is 9.97 Å². The minimum atomic E-state index is -1.14. The van der Waals surface area contributed by atoms with E-state index < -0.39 is 5.97 Å². The molecule has 0 unspecified atom stereocenters. The summed E-state index contributed by atoms with van der Waals surface area (Å²) in [6, 6.07) is 4.96. The normalized spacial score (nSPS) is 10.1. The first-order valence-electron chi connectivity index (χ1n) is 5.07. The van der Waals surface area contributed by atoms with E-state index in [0.717, 1.165) is 5.56 Å². The number of carboxylic acids is 1. The molecule has 0 saturated heterocycles. The van der Waals surface area contributed by atoms with Crippen LogP contribution in [0.4, 0.5) is 0 Å². The van der Waals surface area contributed by atoms with E-state index in [1.807, 2.05) is 13.0 Å². The average Bonchev–Trinajstić information content (AvgIpc) is 2.35. The van der Waals surface area contributed by atoms with E-state index in [0.29, 0.717) is 10.4 Å². The molecule has 0 amide bonds. The number of aromatic carboxylic acids is 1. The molecule has 92 valence electrons. The third-order valence-electron chi connectivity index (χ3n) is 2.23. The smallest absolute Gasteiger partial charge is 0.358 e. The summed E-state index contributed by atoms with van der Waals surface area (Å²) in [5, 5.41) is 8.99. The molecule has 2 rings (SSSR count). The van der Waals surface area contributed by atoms with Crippen molar-refractivity contribution in [3.63, 3.8) is 0 Å². The van der Waals surface area contributed by atoms with Crippen molar-refractivity contribution in [1.29, 1.82) is 0 Å². The van der Waals surface area contributed by atoms with E-state index >= 15 is 0 Å². The van der Waals surface area contributed by atoms with Gasteiger partial charge >= 0.3 is 5.97 Å². The monoisotopic (exact) mass is 308 g/mol. The van der Waals surface area contributed by atoms with Gasteiger partial charge in [-0.2, -0.15) is 0 Å². The highest BCUT2D eigenvalue weighted by Gasteiger charge is 2.15. The quantitative estimate of drug-likeness (QED) is 0.943. The van der Waals surface area contributed by atoms with Crippen molar-refractivity contribution in [3.8, 4) is 11.6 Å². The van der Waals surface area contributed by atoms with Crippen molar-refractivity contribution in [3.05, 3.63) is 46.3 Å². The Hall–Kier alpha value is -1.95. The summed E-state index contributed by atoms with van der Waals surface area (Å²) in [4.78, 5) is 18.8. The second-order valence-corrected chi connectivity index (χ2v) is 4.30. The van der Waals surface area contributed by atoms with Gasteiger partial charge in [0.15, 0.2) is 11.4 Å². The van der Waals surface area contributed by atoms with Crippen LogP contribution in [-0.2, 0) is 0 Å². The van der Waals surface area contributed by atoms with Gasteiger partial charge in [0, 0.05) is 12.4 Å². The predicted molar refractivity (Wildman–Crippen MR) is 67.9 cm³/mol. The molecule has 2 heterocycles. The Kier molecular flexibility index (Phi) is 3.57. The van der Waals surface area contributed by atoms with Gasteiger partial charge in [-0.25, -0.2) is 14.8 Å². The van der Waals surface area contributed by atoms with Crippen LogP contribution < -0.4 is 4.74 Å². The highest BCUT2D eigenvalue weighted by Crippen LogP contribution is 2.30. The summed E-state index contributed by atoms with van der Waals surface area (Å²) in [6.07, 6.45) is 2.99. The van der Waals surface area contributed by atoms with Gasteiger partial charge in [0.1, 0.15) is 0 Å². The Balaban J connectivity index is 2.40. The van der Waals surface area contributed by atoms with Gasteiger partial charge in [-0.1, -0.05) is 0 Å². The van der Waals surface area contributed by atoms with Crippen LogP contribution in [0.1, 0.15) is 16.1 Å². The van der Waals surface area contributed by atoms with Crippen molar-refractivity contribution in [2.45, 2.75) is 6.92 Å². The number of carboxylic acid groups (broad SMARTS) is 1. The largest absolute Gasteiger partial charge is 0.476 e. The summed E-state index contributed by atoms with van der Waals surface area (Å²) in [6.45, 7) is 1.89. The topological polar surface area (TPSA) is 72.3 Å². The minimum Gasteiger partial charge on any atom is -0.476 e. The summed E-state index contributed by atoms with van der Waals surface area (Å²) < 4.78 is 6.17. The molecule has 0 aliphatic rings. The first kappa shape index (κ1) is 12.5. The van der Waals surface area contributed by atoms with Crippen molar-refractivity contribution in [2.75, 3.05) is 0 Å². The van der Waals surface area contributed by atoms with Crippen LogP contribution in [0.25, 0.3) is 0 Å². The molecule has 0 fully saturated rings. The first-order valence-corrected chi connectivity index (χ1v) is 5.86. The molecule has 6 heteroatoms. The molecule has 2 aromatic heterocycles. The number of nitrogens with zero attached hydrogens (tertiary/aromatic N) is 2. The lowest BCUT2D eigenvalue weighted by atomic mass is 10.3. The SMILES string of the molecule is Cc1ccnc(Oc2cccnc2C(=O)O)c1Br. The Bertz CT molecular complexity index is 602. The van der Waals surface area contributed by atoms with Gasteiger partial charge in [0.2, 0.25) is 5.88 Å². The van der Waals surface area contributed by atoms with Crippen LogP contribution in [0.3, 0.4) is 0 Å². The van der Waals surface area contributed by atoms with Gasteiger partial charge in [-0.15, -0.1) is 0 Å². The molecule has 1 N–H and O–H groups in total.